The minimum atomic E-state index is -1.55. The van der Waals surface area contributed by atoms with Crippen LogP contribution < -0.4 is 15.9 Å². The molecule has 0 heterocycles. The van der Waals surface area contributed by atoms with Crippen molar-refractivity contribution in [2.75, 3.05) is 0 Å². The van der Waals surface area contributed by atoms with Gasteiger partial charge in [-0.15, -0.1) is 0 Å². The van der Waals surface area contributed by atoms with Crippen molar-refractivity contribution >= 4 is 29.5 Å². The van der Waals surface area contributed by atoms with Crippen LogP contribution in [0.15, 0.2) is 81.7 Å². The third kappa shape index (κ3) is 8.55. The van der Waals surface area contributed by atoms with Crippen molar-refractivity contribution in [2.24, 2.45) is 10.9 Å². The van der Waals surface area contributed by atoms with Gasteiger partial charge in [-0.1, -0.05) is 53.3 Å². The Balaban J connectivity index is 0.000000359. The molecule has 0 saturated heterocycles. The highest BCUT2D eigenvalue weighted by molar-refractivity contribution is 7.99. The van der Waals surface area contributed by atoms with Crippen LogP contribution in [0.25, 0.3) is 0 Å². The predicted octanol–water partition coefficient (Wildman–Crippen LogP) is 0.169. The Hall–Kier alpha value is -3.26. The monoisotopic (exact) mass is 372 g/mol. The molecule has 0 bridgehead atoms. The second-order valence-electron chi connectivity index (χ2n) is 4.76. The van der Waals surface area contributed by atoms with Crippen LogP contribution in [0.2, 0.25) is 0 Å². The third-order valence-corrected chi connectivity index (χ3v) is 3.93. The van der Waals surface area contributed by atoms with Gasteiger partial charge in [-0.25, -0.2) is 0 Å². The van der Waals surface area contributed by atoms with E-state index >= 15 is 0 Å². The maximum Gasteiger partial charge on any atom is 0.143 e. The molecule has 26 heavy (non-hydrogen) atoms. The van der Waals surface area contributed by atoms with Crippen molar-refractivity contribution in [2.45, 2.75) is 16.2 Å². The molecule has 2 rings (SSSR count). The van der Waals surface area contributed by atoms with E-state index in [9.17, 15) is 19.8 Å². The van der Waals surface area contributed by atoms with Crippen molar-refractivity contribution < 1.29 is 25.0 Å². The van der Waals surface area contributed by atoms with Gasteiger partial charge in [0.2, 0.25) is 0 Å². The number of amidine groups is 1. The summed E-state index contributed by atoms with van der Waals surface area (Å²) in [6, 6.07) is 18.1. The second-order valence-corrected chi connectivity index (χ2v) is 5.88. The molecule has 0 aliphatic heterocycles. The molecule has 0 amide bonds. The number of nitrogens with two attached hydrogens (primary N) is 1. The van der Waals surface area contributed by atoms with E-state index in [2.05, 4.69) is 17.3 Å². The SMILES string of the molecule is NC(Cc1ccccc1Sc1ccccc1)=NO.O=C([O-])/C=C\C(=O)[O-]. The summed E-state index contributed by atoms with van der Waals surface area (Å²) in [6.07, 6.45) is 1.22. The van der Waals surface area contributed by atoms with Crippen LogP contribution in [0.5, 0.6) is 0 Å². The Bertz CT molecular complexity index is 775. The molecule has 0 saturated carbocycles. The molecule has 0 aliphatic rings. The van der Waals surface area contributed by atoms with Crippen molar-refractivity contribution in [3.05, 3.63) is 72.3 Å². The molecule has 0 unspecified atom stereocenters. The van der Waals surface area contributed by atoms with Crippen LogP contribution in [-0.4, -0.2) is 23.0 Å². The van der Waals surface area contributed by atoms with Gasteiger partial charge >= 0.3 is 0 Å². The number of carbonyl (C=O) groups is 2. The number of hydrogen-bond acceptors (Lipinski definition) is 7. The molecule has 2 aromatic carbocycles. The van der Waals surface area contributed by atoms with E-state index in [1.54, 1.807) is 11.8 Å². The molecule has 0 aliphatic carbocycles. The summed E-state index contributed by atoms with van der Waals surface area (Å²) in [7, 11) is 0. The lowest BCUT2D eigenvalue weighted by molar-refractivity contribution is -0.301. The Kier molecular flexibility index (Phi) is 9.05. The zero-order chi connectivity index (χ0) is 19.4. The number of rotatable bonds is 6. The summed E-state index contributed by atoms with van der Waals surface area (Å²) in [5, 5.41) is 30.5. The van der Waals surface area contributed by atoms with Crippen LogP contribution in [0.3, 0.4) is 0 Å². The molecule has 136 valence electrons. The quantitative estimate of drug-likeness (QED) is 0.242. The minimum absolute atomic E-state index is 0.219. The minimum Gasteiger partial charge on any atom is -0.545 e. The maximum absolute atomic E-state index is 9.41. The van der Waals surface area contributed by atoms with Crippen molar-refractivity contribution in [3.8, 4) is 0 Å². The fourth-order valence-electron chi connectivity index (χ4n) is 1.73. The molecule has 0 fully saturated rings. The molecular formula is C18H16N2O5S-2. The molecule has 8 heteroatoms. The summed E-state index contributed by atoms with van der Waals surface area (Å²) < 4.78 is 0. The smallest absolute Gasteiger partial charge is 0.143 e. The number of benzene rings is 2. The largest absolute Gasteiger partial charge is 0.545 e. The van der Waals surface area contributed by atoms with Crippen LogP contribution in [0.4, 0.5) is 0 Å². The average Bonchev–Trinajstić information content (AvgIpc) is 2.63. The maximum atomic E-state index is 9.41. The number of oxime groups is 1. The Morgan fingerprint density at radius 2 is 1.54 bits per heavy atom. The number of hydrogen-bond donors (Lipinski definition) is 2. The normalized spacial score (nSPS) is 10.8. The van der Waals surface area contributed by atoms with Crippen molar-refractivity contribution in [3.63, 3.8) is 0 Å². The van der Waals surface area contributed by atoms with E-state index in [1.165, 1.54) is 4.90 Å². The van der Waals surface area contributed by atoms with Gasteiger partial charge < -0.3 is 30.7 Å². The van der Waals surface area contributed by atoms with Gasteiger partial charge in [0.25, 0.3) is 0 Å². The van der Waals surface area contributed by atoms with Crippen LogP contribution >= 0.6 is 11.8 Å². The fraction of sp³-hybridized carbons (Fsp3) is 0.0556. The zero-order valence-electron chi connectivity index (χ0n) is 13.6. The first-order valence-electron chi connectivity index (χ1n) is 7.29. The first-order valence-corrected chi connectivity index (χ1v) is 8.11. The molecule has 0 spiro atoms. The summed E-state index contributed by atoms with van der Waals surface area (Å²) in [5.74, 6) is -2.88. The molecule has 3 N–H and O–H groups in total. The molecule has 2 aromatic rings. The van der Waals surface area contributed by atoms with E-state index in [-0.39, 0.29) is 5.84 Å². The lowest BCUT2D eigenvalue weighted by Gasteiger charge is -2.08. The highest BCUT2D eigenvalue weighted by atomic mass is 32.2. The van der Waals surface area contributed by atoms with Crippen molar-refractivity contribution in [1.82, 2.24) is 0 Å². The van der Waals surface area contributed by atoms with Gasteiger partial charge in [0.1, 0.15) is 5.84 Å². The Morgan fingerprint density at radius 1 is 1.00 bits per heavy atom. The van der Waals surface area contributed by atoms with Gasteiger partial charge in [0.05, 0.1) is 11.9 Å². The highest BCUT2D eigenvalue weighted by Gasteiger charge is 2.05. The first-order chi connectivity index (χ1) is 12.4. The molecule has 0 radical (unpaired) electrons. The number of aliphatic carboxylic acids is 2. The van der Waals surface area contributed by atoms with E-state index in [0.717, 1.165) is 10.5 Å². The van der Waals surface area contributed by atoms with E-state index in [0.29, 0.717) is 18.6 Å². The number of carboxylic acid groups (broad SMARTS) is 2. The molecule has 0 aromatic heterocycles. The van der Waals surface area contributed by atoms with Gasteiger partial charge in [0, 0.05) is 16.2 Å². The summed E-state index contributed by atoms with van der Waals surface area (Å²) in [4.78, 5) is 21.1. The van der Waals surface area contributed by atoms with E-state index in [1.807, 2.05) is 42.5 Å². The second kappa shape index (κ2) is 11.3. The number of carbonyl (C=O) groups excluding carboxylic acids is 2. The summed E-state index contributed by atoms with van der Waals surface area (Å²) >= 11 is 1.67. The van der Waals surface area contributed by atoms with E-state index in [4.69, 9.17) is 10.9 Å². The van der Waals surface area contributed by atoms with Gasteiger partial charge in [-0.05, 0) is 35.9 Å². The predicted molar refractivity (Wildman–Crippen MR) is 93.3 cm³/mol. The zero-order valence-corrected chi connectivity index (χ0v) is 14.4. The standard InChI is InChI=1S/C14H14N2OS.C4H4O4/c15-14(16-17)10-11-6-4-5-9-13(11)18-12-7-2-1-3-8-12;5-3(6)1-2-4(7)8/h1-9,17H,10H2,(H2,15,16);1-2H,(H,5,6)(H,7,8)/p-2/b;2-1-. The topological polar surface area (TPSA) is 139 Å². The number of carboxylic acids is 2. The Labute approximate surface area is 154 Å². The third-order valence-electron chi connectivity index (χ3n) is 2.80. The Morgan fingerprint density at radius 3 is 2.08 bits per heavy atom. The highest BCUT2D eigenvalue weighted by Crippen LogP contribution is 2.30. The summed E-state index contributed by atoms with van der Waals surface area (Å²) in [5.41, 5.74) is 6.62. The molecule has 7 nitrogen and oxygen atoms in total. The number of nitrogens with zero attached hydrogens (tertiary/aromatic N) is 1. The van der Waals surface area contributed by atoms with Crippen LogP contribution in [-0.2, 0) is 16.0 Å². The lowest BCUT2D eigenvalue weighted by atomic mass is 10.1. The summed E-state index contributed by atoms with van der Waals surface area (Å²) in [6.45, 7) is 0. The average molecular weight is 372 g/mol. The van der Waals surface area contributed by atoms with Gasteiger partial charge in [0.15, 0.2) is 0 Å². The van der Waals surface area contributed by atoms with Crippen LogP contribution in [0, 0.1) is 0 Å². The lowest BCUT2D eigenvalue weighted by Crippen LogP contribution is -2.23. The van der Waals surface area contributed by atoms with E-state index < -0.39 is 11.9 Å². The van der Waals surface area contributed by atoms with Gasteiger partial charge in [-0.3, -0.25) is 0 Å². The first kappa shape index (κ1) is 20.8. The van der Waals surface area contributed by atoms with Crippen LogP contribution in [0.1, 0.15) is 5.56 Å². The van der Waals surface area contributed by atoms with Crippen molar-refractivity contribution in [1.29, 1.82) is 0 Å². The molecule has 0 atom stereocenters. The van der Waals surface area contributed by atoms with Gasteiger partial charge in [-0.2, -0.15) is 0 Å². The fourth-order valence-corrected chi connectivity index (χ4v) is 2.70. The molecular weight excluding hydrogens is 356 g/mol.